The summed E-state index contributed by atoms with van der Waals surface area (Å²) in [7, 11) is 1.94. The van der Waals surface area contributed by atoms with E-state index in [4.69, 9.17) is 9.47 Å². The third-order valence-corrected chi connectivity index (χ3v) is 4.32. The van der Waals surface area contributed by atoms with Gasteiger partial charge in [0, 0.05) is 0 Å². The van der Waals surface area contributed by atoms with Gasteiger partial charge < -0.3 is 20.1 Å². The van der Waals surface area contributed by atoms with Crippen LogP contribution in [0.25, 0.3) is 10.2 Å². The first-order valence-electron chi connectivity index (χ1n) is 7.34. The summed E-state index contributed by atoms with van der Waals surface area (Å²) in [6.07, 6.45) is 0.922. The van der Waals surface area contributed by atoms with Crippen LogP contribution in [-0.4, -0.2) is 37.8 Å². The molecule has 3 rings (SSSR count). The maximum Gasteiger partial charge on any atom is 0.188 e. The van der Waals surface area contributed by atoms with Crippen molar-refractivity contribution in [1.29, 1.82) is 0 Å². The maximum absolute atomic E-state index is 5.72. The molecule has 2 heterocycles. The monoisotopic (exact) mass is 317 g/mol. The molecule has 0 spiro atoms. The van der Waals surface area contributed by atoms with E-state index in [-0.39, 0.29) is 6.04 Å². The lowest BCUT2D eigenvalue weighted by molar-refractivity contribution is 0.173. The predicted molar refractivity (Wildman–Crippen MR) is 90.0 cm³/mol. The van der Waals surface area contributed by atoms with Crippen molar-refractivity contribution in [2.45, 2.75) is 19.4 Å². The average Bonchev–Trinajstić information content (AvgIpc) is 2.96. The van der Waals surface area contributed by atoms with Gasteiger partial charge in [0.2, 0.25) is 0 Å². The van der Waals surface area contributed by atoms with Gasteiger partial charge in [-0.15, -0.1) is 5.92 Å². The van der Waals surface area contributed by atoms with E-state index in [2.05, 4.69) is 27.5 Å². The molecule has 1 aliphatic heterocycles. The van der Waals surface area contributed by atoms with E-state index in [0.717, 1.165) is 39.8 Å². The van der Waals surface area contributed by atoms with Crippen LogP contribution in [0.4, 0.5) is 5.13 Å². The molecule has 6 heteroatoms. The van der Waals surface area contributed by atoms with Gasteiger partial charge in [-0.3, -0.25) is 0 Å². The van der Waals surface area contributed by atoms with Gasteiger partial charge in [-0.2, -0.15) is 0 Å². The summed E-state index contributed by atoms with van der Waals surface area (Å²) in [5.74, 6) is 7.68. The number of aromatic nitrogens is 1. The fourth-order valence-corrected chi connectivity index (χ4v) is 3.27. The van der Waals surface area contributed by atoms with Crippen molar-refractivity contribution in [3.8, 4) is 23.3 Å². The Kier molecular flexibility index (Phi) is 4.66. The van der Waals surface area contributed by atoms with Gasteiger partial charge in [0.05, 0.1) is 10.7 Å². The van der Waals surface area contributed by atoms with E-state index in [0.29, 0.717) is 13.2 Å². The Hall–Kier alpha value is -1.97. The summed E-state index contributed by atoms with van der Waals surface area (Å²) in [6, 6.07) is 4.06. The molecule has 1 aromatic carbocycles. The van der Waals surface area contributed by atoms with Crippen LogP contribution >= 0.6 is 11.3 Å². The Morgan fingerprint density at radius 1 is 1.36 bits per heavy atom. The molecule has 0 saturated heterocycles. The first-order chi connectivity index (χ1) is 10.8. The van der Waals surface area contributed by atoms with Crippen molar-refractivity contribution in [3.63, 3.8) is 0 Å². The lowest BCUT2D eigenvalue weighted by Gasteiger charge is -2.17. The van der Waals surface area contributed by atoms with Gasteiger partial charge in [-0.25, -0.2) is 4.98 Å². The van der Waals surface area contributed by atoms with E-state index in [1.54, 1.807) is 11.3 Å². The SMILES string of the molecule is CC#CC(CCNC)Nc1nc2c3c(ccc2s1)OCCO3. The molecule has 0 bridgehead atoms. The summed E-state index contributed by atoms with van der Waals surface area (Å²) in [5, 5.41) is 7.42. The predicted octanol–water partition coefficient (Wildman–Crippen LogP) is 2.48. The smallest absolute Gasteiger partial charge is 0.188 e. The number of fused-ring (bicyclic) bond motifs is 3. The molecule has 2 aromatic rings. The van der Waals surface area contributed by atoms with E-state index < -0.39 is 0 Å². The summed E-state index contributed by atoms with van der Waals surface area (Å²) in [6.45, 7) is 3.92. The highest BCUT2D eigenvalue weighted by Crippen LogP contribution is 2.40. The third kappa shape index (κ3) is 3.11. The number of ether oxygens (including phenoxy) is 2. The minimum absolute atomic E-state index is 0.0889. The van der Waals surface area contributed by atoms with Crippen LogP contribution in [0.15, 0.2) is 12.1 Å². The van der Waals surface area contributed by atoms with E-state index >= 15 is 0 Å². The van der Waals surface area contributed by atoms with Gasteiger partial charge >= 0.3 is 0 Å². The number of nitrogens with one attached hydrogen (secondary N) is 2. The molecule has 0 amide bonds. The fraction of sp³-hybridized carbons (Fsp3) is 0.438. The van der Waals surface area contributed by atoms with Crippen LogP contribution in [0.3, 0.4) is 0 Å². The molecule has 1 aliphatic rings. The van der Waals surface area contributed by atoms with Crippen molar-refractivity contribution < 1.29 is 9.47 Å². The highest BCUT2D eigenvalue weighted by Gasteiger charge is 2.19. The van der Waals surface area contributed by atoms with Crippen LogP contribution < -0.4 is 20.1 Å². The van der Waals surface area contributed by atoms with E-state index in [1.165, 1.54) is 0 Å². The minimum Gasteiger partial charge on any atom is -0.486 e. The molecular weight excluding hydrogens is 298 g/mol. The Bertz CT molecular complexity index is 717. The molecule has 22 heavy (non-hydrogen) atoms. The topological polar surface area (TPSA) is 55.4 Å². The Morgan fingerprint density at radius 2 is 2.23 bits per heavy atom. The quantitative estimate of drug-likeness (QED) is 0.830. The molecule has 0 saturated carbocycles. The average molecular weight is 317 g/mol. The first-order valence-corrected chi connectivity index (χ1v) is 8.16. The molecule has 116 valence electrons. The Morgan fingerprint density at radius 3 is 3.05 bits per heavy atom. The zero-order chi connectivity index (χ0) is 15.4. The second kappa shape index (κ2) is 6.86. The molecule has 0 fully saturated rings. The van der Waals surface area contributed by atoms with Gasteiger partial charge in [0.15, 0.2) is 16.6 Å². The summed E-state index contributed by atoms with van der Waals surface area (Å²) in [4.78, 5) is 4.67. The molecular formula is C16H19N3O2S. The molecule has 5 nitrogen and oxygen atoms in total. The van der Waals surface area contributed by atoms with Gasteiger partial charge in [-0.05, 0) is 39.1 Å². The van der Waals surface area contributed by atoms with Crippen LogP contribution in [0.2, 0.25) is 0 Å². The molecule has 2 N–H and O–H groups in total. The molecule has 1 unspecified atom stereocenters. The van der Waals surface area contributed by atoms with Crippen LogP contribution in [-0.2, 0) is 0 Å². The van der Waals surface area contributed by atoms with Crippen LogP contribution in [0, 0.1) is 11.8 Å². The third-order valence-electron chi connectivity index (χ3n) is 3.36. The minimum atomic E-state index is 0.0889. The van der Waals surface area contributed by atoms with E-state index in [1.807, 2.05) is 26.1 Å². The zero-order valence-corrected chi connectivity index (χ0v) is 13.5. The molecule has 1 atom stereocenters. The Balaban J connectivity index is 1.86. The van der Waals surface area contributed by atoms with Crippen molar-refractivity contribution in [2.24, 2.45) is 0 Å². The number of hydrogen-bond donors (Lipinski definition) is 2. The van der Waals surface area contributed by atoms with Gasteiger partial charge in [0.1, 0.15) is 18.7 Å². The molecule has 0 radical (unpaired) electrons. The summed E-state index contributed by atoms with van der Waals surface area (Å²) in [5.41, 5.74) is 0.863. The highest BCUT2D eigenvalue weighted by atomic mass is 32.1. The number of rotatable bonds is 5. The summed E-state index contributed by atoms with van der Waals surface area (Å²) >= 11 is 1.61. The molecule has 1 aromatic heterocycles. The number of hydrogen-bond acceptors (Lipinski definition) is 6. The maximum atomic E-state index is 5.72. The van der Waals surface area contributed by atoms with Crippen LogP contribution in [0.1, 0.15) is 13.3 Å². The van der Waals surface area contributed by atoms with Crippen molar-refractivity contribution >= 4 is 26.7 Å². The second-order valence-electron chi connectivity index (χ2n) is 4.94. The number of nitrogens with zero attached hydrogens (tertiary/aromatic N) is 1. The zero-order valence-electron chi connectivity index (χ0n) is 12.7. The van der Waals surface area contributed by atoms with Crippen LogP contribution in [0.5, 0.6) is 11.5 Å². The van der Waals surface area contributed by atoms with Crippen molar-refractivity contribution in [1.82, 2.24) is 10.3 Å². The van der Waals surface area contributed by atoms with Gasteiger partial charge in [0.25, 0.3) is 0 Å². The largest absolute Gasteiger partial charge is 0.486 e. The lowest BCUT2D eigenvalue weighted by atomic mass is 10.2. The summed E-state index contributed by atoms with van der Waals surface area (Å²) < 4.78 is 12.4. The normalized spacial score (nSPS) is 14.3. The van der Waals surface area contributed by atoms with Crippen molar-refractivity contribution in [2.75, 3.05) is 32.1 Å². The molecule has 0 aliphatic carbocycles. The first kappa shape index (κ1) is 14.9. The second-order valence-corrected chi connectivity index (χ2v) is 5.97. The Labute approximate surface area is 134 Å². The van der Waals surface area contributed by atoms with Gasteiger partial charge in [-0.1, -0.05) is 17.3 Å². The van der Waals surface area contributed by atoms with Crippen molar-refractivity contribution in [3.05, 3.63) is 12.1 Å². The lowest BCUT2D eigenvalue weighted by Crippen LogP contribution is -2.23. The number of anilines is 1. The standard InChI is InChI=1S/C16H19N3O2S/c1-3-4-11(7-8-17-2)18-16-19-14-13(22-16)6-5-12-15(14)21-10-9-20-12/h5-6,11,17H,7-10H2,1-2H3,(H,18,19). The van der Waals surface area contributed by atoms with E-state index in [9.17, 15) is 0 Å². The highest BCUT2D eigenvalue weighted by molar-refractivity contribution is 7.22. The number of thiazole rings is 1. The number of benzene rings is 1. The fourth-order valence-electron chi connectivity index (χ4n) is 2.35.